The Bertz CT molecular complexity index is 294. The van der Waals surface area contributed by atoms with Crippen molar-refractivity contribution in [1.82, 2.24) is 0 Å². The summed E-state index contributed by atoms with van der Waals surface area (Å²) in [5.41, 5.74) is 6.93. The highest BCUT2D eigenvalue weighted by Crippen LogP contribution is 2.24. The van der Waals surface area contributed by atoms with E-state index in [1.807, 2.05) is 38.1 Å². The first kappa shape index (κ1) is 12.2. The van der Waals surface area contributed by atoms with Crippen molar-refractivity contribution < 1.29 is 9.47 Å². The number of nitrogens with two attached hydrogens (primary N) is 1. The molecular weight excluding hydrogens is 206 g/mol. The van der Waals surface area contributed by atoms with Crippen LogP contribution in [0.25, 0.3) is 0 Å². The van der Waals surface area contributed by atoms with E-state index in [1.165, 1.54) is 0 Å². The van der Waals surface area contributed by atoms with Gasteiger partial charge in [-0.05, 0) is 26.0 Å². The fraction of sp³-hybridized carbons (Fsp3) is 0.455. The van der Waals surface area contributed by atoms with E-state index >= 15 is 0 Å². The number of hydrogen-bond donors (Lipinski definition) is 1. The molecule has 2 N–H and O–H groups in total. The Kier molecular flexibility index (Phi) is 4.32. The number of benzene rings is 1. The number of ether oxygens (including phenoxy) is 2. The molecule has 0 unspecified atom stereocenters. The van der Waals surface area contributed by atoms with E-state index in [9.17, 15) is 0 Å². The molecule has 0 aliphatic heterocycles. The first-order valence-electron chi connectivity index (χ1n) is 5.26. The Labute approximate surface area is 94.0 Å². The van der Waals surface area contributed by atoms with Gasteiger partial charge in [0.15, 0.2) is 5.41 Å². The second kappa shape index (κ2) is 5.30. The van der Waals surface area contributed by atoms with Crippen molar-refractivity contribution in [2.75, 3.05) is 18.9 Å². The molecular formula is C11H19NO2Si. The number of hydrogen-bond acceptors (Lipinski definition) is 3. The van der Waals surface area contributed by atoms with Gasteiger partial charge in [0.05, 0.1) is 10.2 Å². The lowest BCUT2D eigenvalue weighted by Crippen LogP contribution is -2.33. The summed E-state index contributed by atoms with van der Waals surface area (Å²) in [6.45, 7) is 5.24. The molecule has 0 spiro atoms. The van der Waals surface area contributed by atoms with Gasteiger partial charge in [0.2, 0.25) is 0 Å². The van der Waals surface area contributed by atoms with Crippen LogP contribution in [0.5, 0.6) is 0 Å². The smallest absolute Gasteiger partial charge is 0.166 e. The van der Waals surface area contributed by atoms with Crippen molar-refractivity contribution in [3.63, 3.8) is 0 Å². The molecule has 84 valence electrons. The number of nitrogen functional groups attached to an aromatic ring is 1. The van der Waals surface area contributed by atoms with Crippen molar-refractivity contribution in [2.45, 2.75) is 19.3 Å². The van der Waals surface area contributed by atoms with Crippen LogP contribution in [-0.4, -0.2) is 23.5 Å². The average Bonchev–Trinajstić information content (AvgIpc) is 2.19. The largest absolute Gasteiger partial charge is 0.399 e. The summed E-state index contributed by atoms with van der Waals surface area (Å²) in [7, 11) is 0.788. The molecule has 0 radical (unpaired) electrons. The van der Waals surface area contributed by atoms with Crippen LogP contribution in [0.15, 0.2) is 24.3 Å². The normalized spacial score (nSPS) is 11.9. The van der Waals surface area contributed by atoms with E-state index < -0.39 is 5.41 Å². The first-order valence-corrected chi connectivity index (χ1v) is 6.26. The summed E-state index contributed by atoms with van der Waals surface area (Å²) >= 11 is 0. The minimum absolute atomic E-state index is 0.531. The minimum atomic E-state index is -0.531. The van der Waals surface area contributed by atoms with Gasteiger partial charge in [0, 0.05) is 24.5 Å². The Hall–Kier alpha value is -0.843. The number of anilines is 1. The molecule has 0 saturated heterocycles. The molecule has 0 aliphatic carbocycles. The quantitative estimate of drug-likeness (QED) is 0.458. The minimum Gasteiger partial charge on any atom is -0.399 e. The van der Waals surface area contributed by atoms with Crippen molar-refractivity contribution >= 4 is 15.9 Å². The second-order valence-corrected chi connectivity index (χ2v) is 4.75. The summed E-state index contributed by atoms with van der Waals surface area (Å²) in [5.74, 6) is 0. The monoisotopic (exact) mass is 225 g/mol. The predicted molar refractivity (Wildman–Crippen MR) is 65.7 cm³/mol. The third-order valence-electron chi connectivity index (χ3n) is 2.27. The molecule has 1 rings (SSSR count). The van der Waals surface area contributed by atoms with Crippen LogP contribution in [-0.2, 0) is 14.9 Å². The van der Waals surface area contributed by atoms with Crippen LogP contribution in [0.3, 0.4) is 0 Å². The van der Waals surface area contributed by atoms with Crippen LogP contribution in [0.2, 0.25) is 0 Å². The van der Waals surface area contributed by atoms with Crippen LogP contribution in [0.4, 0.5) is 5.69 Å². The topological polar surface area (TPSA) is 44.5 Å². The molecule has 1 aromatic rings. The van der Waals surface area contributed by atoms with Crippen molar-refractivity contribution in [1.29, 1.82) is 0 Å². The Balaban J connectivity index is 2.92. The van der Waals surface area contributed by atoms with Crippen molar-refractivity contribution in [3.05, 3.63) is 29.8 Å². The third-order valence-corrected chi connectivity index (χ3v) is 3.43. The SMILES string of the molecule is CCOC([SiH3])(OCC)c1ccc(N)cc1. The average molecular weight is 225 g/mol. The summed E-state index contributed by atoms with van der Waals surface area (Å²) in [6.07, 6.45) is 0. The zero-order valence-electron chi connectivity index (χ0n) is 9.62. The maximum Gasteiger partial charge on any atom is 0.166 e. The van der Waals surface area contributed by atoms with Gasteiger partial charge < -0.3 is 15.2 Å². The second-order valence-electron chi connectivity index (χ2n) is 3.43. The lowest BCUT2D eigenvalue weighted by atomic mass is 10.2. The summed E-state index contributed by atoms with van der Waals surface area (Å²) in [5, 5.41) is 0. The highest BCUT2D eigenvalue weighted by Gasteiger charge is 2.26. The summed E-state index contributed by atoms with van der Waals surface area (Å²) < 4.78 is 11.4. The maximum absolute atomic E-state index is 5.69. The Morgan fingerprint density at radius 3 is 2.00 bits per heavy atom. The van der Waals surface area contributed by atoms with E-state index in [1.54, 1.807) is 0 Å². The van der Waals surface area contributed by atoms with Gasteiger partial charge in [-0.1, -0.05) is 12.1 Å². The highest BCUT2D eigenvalue weighted by molar-refractivity contribution is 6.13. The van der Waals surface area contributed by atoms with Gasteiger partial charge in [-0.3, -0.25) is 0 Å². The van der Waals surface area contributed by atoms with E-state index in [2.05, 4.69) is 0 Å². The molecule has 0 fully saturated rings. The first-order chi connectivity index (χ1) is 7.12. The molecule has 15 heavy (non-hydrogen) atoms. The molecule has 0 bridgehead atoms. The standard InChI is InChI=1S/C11H19NO2Si/c1-3-13-11(15,14-4-2)9-5-7-10(12)8-6-9/h5-8H,3-4,12H2,1-2,15H3. The fourth-order valence-electron chi connectivity index (χ4n) is 1.55. The van der Waals surface area contributed by atoms with Gasteiger partial charge in [0.25, 0.3) is 0 Å². The van der Waals surface area contributed by atoms with Crippen LogP contribution in [0.1, 0.15) is 19.4 Å². The number of rotatable bonds is 5. The summed E-state index contributed by atoms with van der Waals surface area (Å²) in [4.78, 5) is 0. The van der Waals surface area contributed by atoms with Gasteiger partial charge >= 0.3 is 0 Å². The zero-order valence-corrected chi connectivity index (χ0v) is 11.6. The molecule has 4 heteroatoms. The molecule has 0 atom stereocenters. The molecule has 0 aliphatic rings. The molecule has 1 aromatic carbocycles. The Morgan fingerprint density at radius 2 is 1.60 bits per heavy atom. The van der Waals surface area contributed by atoms with E-state index in [-0.39, 0.29) is 0 Å². The van der Waals surface area contributed by atoms with Gasteiger partial charge in [0.1, 0.15) is 0 Å². The van der Waals surface area contributed by atoms with Crippen LogP contribution < -0.4 is 5.73 Å². The zero-order chi connectivity index (χ0) is 11.3. The molecule has 0 aromatic heterocycles. The fourth-order valence-corrected chi connectivity index (χ4v) is 2.46. The highest BCUT2D eigenvalue weighted by atomic mass is 28.1. The molecule has 0 heterocycles. The molecule has 0 amide bonds. The van der Waals surface area contributed by atoms with Gasteiger partial charge in [-0.2, -0.15) is 0 Å². The van der Waals surface area contributed by atoms with Crippen LogP contribution in [0, 0.1) is 0 Å². The lowest BCUT2D eigenvalue weighted by molar-refractivity contribution is -0.180. The van der Waals surface area contributed by atoms with Crippen molar-refractivity contribution in [2.24, 2.45) is 0 Å². The van der Waals surface area contributed by atoms with Crippen molar-refractivity contribution in [3.8, 4) is 0 Å². The van der Waals surface area contributed by atoms with Gasteiger partial charge in [-0.15, -0.1) is 0 Å². The predicted octanol–water partition coefficient (Wildman–Crippen LogP) is 0.818. The summed E-state index contributed by atoms with van der Waals surface area (Å²) in [6, 6.07) is 7.68. The Morgan fingerprint density at radius 1 is 1.13 bits per heavy atom. The van der Waals surface area contributed by atoms with Gasteiger partial charge in [-0.25, -0.2) is 0 Å². The third kappa shape index (κ3) is 3.05. The lowest BCUT2D eigenvalue weighted by Gasteiger charge is -2.30. The van der Waals surface area contributed by atoms with E-state index in [0.29, 0.717) is 13.2 Å². The molecule has 3 nitrogen and oxygen atoms in total. The maximum atomic E-state index is 5.69. The molecule has 0 saturated carbocycles. The van der Waals surface area contributed by atoms with Crippen LogP contribution >= 0.6 is 0 Å². The van der Waals surface area contributed by atoms with E-state index in [4.69, 9.17) is 15.2 Å². The van der Waals surface area contributed by atoms with E-state index in [0.717, 1.165) is 21.5 Å².